The molecule has 0 bridgehead atoms. The fourth-order valence-corrected chi connectivity index (χ4v) is 8.74. The molecule has 0 heterocycles. The van der Waals surface area contributed by atoms with Crippen molar-refractivity contribution in [1.82, 2.24) is 0 Å². The summed E-state index contributed by atoms with van der Waals surface area (Å²) in [6, 6.07) is 0. The molecule has 0 aromatic rings. The van der Waals surface area contributed by atoms with Gasteiger partial charge in [0.05, 0.1) is 11.7 Å². The van der Waals surface area contributed by atoms with E-state index < -0.39 is 5.60 Å². The molecule has 0 saturated heterocycles. The first-order valence-electron chi connectivity index (χ1n) is 12.6. The number of hydrogen-bond acceptors (Lipinski definition) is 2. The Morgan fingerprint density at radius 3 is 2.36 bits per heavy atom. The van der Waals surface area contributed by atoms with Crippen LogP contribution < -0.4 is 0 Å². The maximum Gasteiger partial charge on any atom is 0.0624 e. The van der Waals surface area contributed by atoms with Crippen molar-refractivity contribution in [3.05, 3.63) is 0 Å². The number of fused-ring (bicyclic) bond motifs is 5. The van der Waals surface area contributed by atoms with Crippen LogP contribution >= 0.6 is 0 Å². The zero-order valence-electron chi connectivity index (χ0n) is 19.1. The zero-order chi connectivity index (χ0) is 20.2. The van der Waals surface area contributed by atoms with Crippen LogP contribution in [0, 0.1) is 40.4 Å². The van der Waals surface area contributed by atoms with E-state index in [1.54, 1.807) is 0 Å². The predicted octanol–water partition coefficient (Wildman–Crippen LogP) is 6.34. The average Bonchev–Trinajstić information content (AvgIpc) is 2.62. The molecule has 8 atom stereocenters. The minimum absolute atomic E-state index is 0.133. The molecule has 4 rings (SSSR count). The van der Waals surface area contributed by atoms with Gasteiger partial charge in [0.2, 0.25) is 0 Å². The molecule has 162 valence electrons. The van der Waals surface area contributed by atoms with Gasteiger partial charge in [0.15, 0.2) is 0 Å². The number of hydrogen-bond donors (Lipinski definition) is 2. The van der Waals surface area contributed by atoms with Crippen molar-refractivity contribution in [1.29, 1.82) is 0 Å². The third kappa shape index (κ3) is 3.59. The van der Waals surface area contributed by atoms with Crippen LogP contribution in [0.5, 0.6) is 0 Å². The molecule has 0 aromatic heterocycles. The highest BCUT2D eigenvalue weighted by Crippen LogP contribution is 2.66. The van der Waals surface area contributed by atoms with Gasteiger partial charge in [-0.05, 0) is 118 Å². The third-order valence-corrected chi connectivity index (χ3v) is 10.4. The van der Waals surface area contributed by atoms with Crippen LogP contribution in [0.2, 0.25) is 0 Å². The highest BCUT2D eigenvalue weighted by atomic mass is 16.3. The molecular weight excluding hydrogens is 344 g/mol. The second-order valence-corrected chi connectivity index (χ2v) is 12.4. The first kappa shape index (κ1) is 21.2. The minimum Gasteiger partial charge on any atom is -0.392 e. The second-order valence-electron chi connectivity index (χ2n) is 12.4. The van der Waals surface area contributed by atoms with Gasteiger partial charge in [-0.25, -0.2) is 0 Å². The Morgan fingerprint density at radius 1 is 0.857 bits per heavy atom. The van der Waals surface area contributed by atoms with Crippen LogP contribution in [0.25, 0.3) is 0 Å². The van der Waals surface area contributed by atoms with Gasteiger partial charge in [-0.2, -0.15) is 0 Å². The van der Waals surface area contributed by atoms with Crippen LogP contribution in [-0.4, -0.2) is 21.9 Å². The molecule has 0 unspecified atom stereocenters. The molecule has 0 radical (unpaired) electrons. The Balaban J connectivity index is 1.46. The lowest BCUT2D eigenvalue weighted by Gasteiger charge is -2.63. The minimum atomic E-state index is -0.571. The fraction of sp³-hybridized carbons (Fsp3) is 1.00. The van der Waals surface area contributed by atoms with Gasteiger partial charge in [-0.3, -0.25) is 0 Å². The van der Waals surface area contributed by atoms with Crippen molar-refractivity contribution in [2.45, 2.75) is 123 Å². The molecule has 4 saturated carbocycles. The standard InChI is InChI=1S/C26H46O2/c1-24(2,28)15-7-8-18-10-13-21-20-12-11-19-9-5-6-16-25(19,3)22(20)14-17-26(21,4)23(18)27/h18-23,27-28H,5-17H2,1-4H3/t18-,19-,20-,21+,22-,23-,25+,26+/m0/s1. The van der Waals surface area contributed by atoms with Crippen molar-refractivity contribution < 1.29 is 10.2 Å². The summed E-state index contributed by atoms with van der Waals surface area (Å²) >= 11 is 0. The maximum absolute atomic E-state index is 11.5. The molecule has 4 aliphatic carbocycles. The van der Waals surface area contributed by atoms with E-state index in [4.69, 9.17) is 0 Å². The lowest BCUT2D eigenvalue weighted by Crippen LogP contribution is -2.58. The smallest absolute Gasteiger partial charge is 0.0624 e. The Bertz CT molecular complexity index is 551. The molecule has 2 heteroatoms. The van der Waals surface area contributed by atoms with E-state index in [0.717, 1.165) is 42.9 Å². The summed E-state index contributed by atoms with van der Waals surface area (Å²) in [6.07, 6.45) is 16.7. The monoisotopic (exact) mass is 390 g/mol. The molecule has 2 N–H and O–H groups in total. The Morgan fingerprint density at radius 2 is 1.61 bits per heavy atom. The molecule has 28 heavy (non-hydrogen) atoms. The van der Waals surface area contributed by atoms with Crippen LogP contribution in [0.1, 0.15) is 111 Å². The van der Waals surface area contributed by atoms with Gasteiger partial charge in [-0.1, -0.05) is 33.1 Å². The zero-order valence-corrected chi connectivity index (χ0v) is 19.1. The van der Waals surface area contributed by atoms with Gasteiger partial charge in [0.1, 0.15) is 0 Å². The van der Waals surface area contributed by atoms with Crippen LogP contribution in [0.4, 0.5) is 0 Å². The number of rotatable bonds is 4. The number of aliphatic hydroxyl groups is 2. The topological polar surface area (TPSA) is 40.5 Å². The normalized spacial score (nSPS) is 49.1. The summed E-state index contributed by atoms with van der Waals surface area (Å²) in [5.74, 6) is 3.96. The first-order valence-corrected chi connectivity index (χ1v) is 12.6. The van der Waals surface area contributed by atoms with E-state index in [9.17, 15) is 10.2 Å². The van der Waals surface area contributed by atoms with Crippen molar-refractivity contribution in [2.75, 3.05) is 0 Å². The first-order chi connectivity index (χ1) is 13.2. The van der Waals surface area contributed by atoms with Gasteiger partial charge < -0.3 is 10.2 Å². The van der Waals surface area contributed by atoms with Gasteiger partial charge >= 0.3 is 0 Å². The predicted molar refractivity (Wildman–Crippen MR) is 116 cm³/mol. The Labute approximate surface area is 173 Å². The van der Waals surface area contributed by atoms with Crippen LogP contribution in [-0.2, 0) is 0 Å². The highest BCUT2D eigenvalue weighted by Gasteiger charge is 2.59. The average molecular weight is 391 g/mol. The van der Waals surface area contributed by atoms with E-state index in [-0.39, 0.29) is 11.5 Å². The lowest BCUT2D eigenvalue weighted by molar-refractivity contribution is -0.174. The van der Waals surface area contributed by atoms with E-state index in [1.165, 1.54) is 64.2 Å². The lowest BCUT2D eigenvalue weighted by atomic mass is 9.42. The van der Waals surface area contributed by atoms with E-state index in [2.05, 4.69) is 13.8 Å². The van der Waals surface area contributed by atoms with Gasteiger partial charge in [0.25, 0.3) is 0 Å². The largest absolute Gasteiger partial charge is 0.392 e. The molecule has 0 aliphatic heterocycles. The molecule has 0 aromatic carbocycles. The third-order valence-electron chi connectivity index (χ3n) is 10.4. The van der Waals surface area contributed by atoms with Crippen molar-refractivity contribution >= 4 is 0 Å². The van der Waals surface area contributed by atoms with E-state index >= 15 is 0 Å². The molecule has 4 aliphatic rings. The van der Waals surface area contributed by atoms with Gasteiger partial charge in [0, 0.05) is 0 Å². The Kier molecular flexibility index (Phi) is 5.71. The molecule has 0 spiro atoms. The molecule has 0 amide bonds. The van der Waals surface area contributed by atoms with Crippen molar-refractivity contribution in [3.8, 4) is 0 Å². The molecule has 4 fully saturated rings. The fourth-order valence-electron chi connectivity index (χ4n) is 8.74. The van der Waals surface area contributed by atoms with E-state index in [1.807, 2.05) is 13.8 Å². The van der Waals surface area contributed by atoms with Crippen molar-refractivity contribution in [3.63, 3.8) is 0 Å². The van der Waals surface area contributed by atoms with Gasteiger partial charge in [-0.15, -0.1) is 0 Å². The summed E-state index contributed by atoms with van der Waals surface area (Å²) in [6.45, 7) is 8.90. The molecular formula is C26H46O2. The number of aliphatic hydroxyl groups excluding tert-OH is 1. The van der Waals surface area contributed by atoms with Crippen LogP contribution in [0.15, 0.2) is 0 Å². The summed E-state index contributed by atoms with van der Waals surface area (Å²) < 4.78 is 0. The highest BCUT2D eigenvalue weighted by molar-refractivity contribution is 5.08. The second kappa shape index (κ2) is 7.56. The SMILES string of the molecule is CC(C)(O)CCC[C@H]1CC[C@@H]2[C@@H]3CC[C@@H]4CCCC[C@@]4(C)[C@H]3CC[C@@]2(C)[C@H]1O. The van der Waals surface area contributed by atoms with Crippen LogP contribution in [0.3, 0.4) is 0 Å². The maximum atomic E-state index is 11.5. The quantitative estimate of drug-likeness (QED) is 0.588. The Hall–Kier alpha value is -0.0800. The summed E-state index contributed by atoms with van der Waals surface area (Å²) in [5.41, 5.74) is 0.159. The summed E-state index contributed by atoms with van der Waals surface area (Å²) in [4.78, 5) is 0. The summed E-state index contributed by atoms with van der Waals surface area (Å²) in [7, 11) is 0. The molecule has 2 nitrogen and oxygen atoms in total. The van der Waals surface area contributed by atoms with Crippen molar-refractivity contribution in [2.24, 2.45) is 40.4 Å². The van der Waals surface area contributed by atoms with E-state index in [0.29, 0.717) is 11.3 Å². The summed E-state index contributed by atoms with van der Waals surface area (Å²) in [5, 5.41) is 21.5.